The SMILES string of the molecule is COc1ccccc1NC(=O)C1CC1C(=O)Nc1cc(C)ccc1C. The molecule has 0 aromatic heterocycles. The number of carbonyl (C=O) groups is 2. The smallest absolute Gasteiger partial charge is 0.228 e. The highest BCUT2D eigenvalue weighted by molar-refractivity contribution is 6.03. The molecule has 5 heteroatoms. The van der Waals surface area contributed by atoms with Crippen LogP contribution in [0.3, 0.4) is 0 Å². The van der Waals surface area contributed by atoms with Gasteiger partial charge in [0.1, 0.15) is 5.75 Å². The highest BCUT2D eigenvalue weighted by atomic mass is 16.5. The second kappa shape index (κ2) is 6.97. The average molecular weight is 338 g/mol. The second-order valence-corrected chi connectivity index (χ2v) is 6.45. The lowest BCUT2D eigenvalue weighted by Crippen LogP contribution is -2.21. The Morgan fingerprint density at radius 1 is 0.960 bits per heavy atom. The van der Waals surface area contributed by atoms with Gasteiger partial charge in [-0.25, -0.2) is 0 Å². The van der Waals surface area contributed by atoms with Gasteiger partial charge in [0.15, 0.2) is 0 Å². The highest BCUT2D eigenvalue weighted by Gasteiger charge is 2.48. The van der Waals surface area contributed by atoms with Gasteiger partial charge in [0, 0.05) is 5.69 Å². The molecule has 1 fully saturated rings. The Morgan fingerprint density at radius 3 is 2.28 bits per heavy atom. The van der Waals surface area contributed by atoms with Crippen LogP contribution in [0.4, 0.5) is 11.4 Å². The molecule has 25 heavy (non-hydrogen) atoms. The maximum Gasteiger partial charge on any atom is 0.228 e. The number of carbonyl (C=O) groups excluding carboxylic acids is 2. The first-order valence-electron chi connectivity index (χ1n) is 8.31. The summed E-state index contributed by atoms with van der Waals surface area (Å²) in [5.74, 6) is -0.225. The Kier molecular flexibility index (Phi) is 4.74. The van der Waals surface area contributed by atoms with Gasteiger partial charge in [-0.3, -0.25) is 9.59 Å². The Morgan fingerprint density at radius 2 is 1.60 bits per heavy atom. The second-order valence-electron chi connectivity index (χ2n) is 6.45. The molecule has 130 valence electrons. The molecule has 2 amide bonds. The molecule has 1 aliphatic carbocycles. The van der Waals surface area contributed by atoms with Crippen LogP contribution in [0.15, 0.2) is 42.5 Å². The minimum absolute atomic E-state index is 0.103. The van der Waals surface area contributed by atoms with E-state index in [1.807, 2.05) is 44.2 Å². The zero-order chi connectivity index (χ0) is 18.0. The van der Waals surface area contributed by atoms with E-state index >= 15 is 0 Å². The molecule has 2 N–H and O–H groups in total. The normalized spacial score (nSPS) is 18.4. The summed E-state index contributed by atoms with van der Waals surface area (Å²) in [6.45, 7) is 3.93. The van der Waals surface area contributed by atoms with E-state index in [4.69, 9.17) is 4.74 Å². The van der Waals surface area contributed by atoms with Crippen molar-refractivity contribution in [3.8, 4) is 5.75 Å². The molecule has 3 rings (SSSR count). The molecule has 0 radical (unpaired) electrons. The summed E-state index contributed by atoms with van der Waals surface area (Å²) in [6, 6.07) is 13.2. The van der Waals surface area contributed by atoms with Crippen LogP contribution in [-0.2, 0) is 9.59 Å². The van der Waals surface area contributed by atoms with Gasteiger partial charge in [-0.05, 0) is 49.6 Å². The van der Waals surface area contributed by atoms with Crippen LogP contribution in [0.5, 0.6) is 5.75 Å². The number of methoxy groups -OCH3 is 1. The van der Waals surface area contributed by atoms with E-state index in [1.54, 1.807) is 19.2 Å². The van der Waals surface area contributed by atoms with Gasteiger partial charge in [-0.15, -0.1) is 0 Å². The molecule has 0 bridgehead atoms. The first-order valence-corrected chi connectivity index (χ1v) is 8.31. The fraction of sp³-hybridized carbons (Fsp3) is 0.300. The molecule has 0 heterocycles. The van der Waals surface area contributed by atoms with Gasteiger partial charge >= 0.3 is 0 Å². The van der Waals surface area contributed by atoms with Crippen molar-refractivity contribution in [2.45, 2.75) is 20.3 Å². The van der Waals surface area contributed by atoms with Crippen LogP contribution in [0.25, 0.3) is 0 Å². The van der Waals surface area contributed by atoms with Gasteiger partial charge in [-0.2, -0.15) is 0 Å². The first-order chi connectivity index (χ1) is 12.0. The summed E-state index contributed by atoms with van der Waals surface area (Å²) in [5, 5.41) is 5.79. The Hall–Kier alpha value is -2.82. The predicted molar refractivity (Wildman–Crippen MR) is 97.8 cm³/mol. The number of hydrogen-bond acceptors (Lipinski definition) is 3. The third kappa shape index (κ3) is 3.82. The molecule has 0 aliphatic heterocycles. The molecule has 1 saturated carbocycles. The lowest BCUT2D eigenvalue weighted by atomic mass is 10.1. The van der Waals surface area contributed by atoms with Gasteiger partial charge in [0.05, 0.1) is 24.6 Å². The van der Waals surface area contributed by atoms with Crippen molar-refractivity contribution < 1.29 is 14.3 Å². The van der Waals surface area contributed by atoms with Crippen molar-refractivity contribution >= 4 is 23.2 Å². The molecule has 2 unspecified atom stereocenters. The molecule has 2 aromatic rings. The third-order valence-electron chi connectivity index (χ3n) is 4.48. The van der Waals surface area contributed by atoms with Gasteiger partial charge in [0.2, 0.25) is 11.8 Å². The maximum atomic E-state index is 12.4. The average Bonchev–Trinajstić information content (AvgIpc) is 3.39. The van der Waals surface area contributed by atoms with E-state index in [2.05, 4.69) is 10.6 Å². The van der Waals surface area contributed by atoms with E-state index in [1.165, 1.54) is 0 Å². The molecule has 2 aromatic carbocycles. The van der Waals surface area contributed by atoms with E-state index in [0.717, 1.165) is 16.8 Å². The van der Waals surface area contributed by atoms with Crippen molar-refractivity contribution in [2.24, 2.45) is 11.8 Å². The van der Waals surface area contributed by atoms with E-state index in [-0.39, 0.29) is 23.7 Å². The third-order valence-corrected chi connectivity index (χ3v) is 4.48. The van der Waals surface area contributed by atoms with E-state index < -0.39 is 0 Å². The number of anilines is 2. The number of nitrogens with one attached hydrogen (secondary N) is 2. The van der Waals surface area contributed by atoms with Gasteiger partial charge < -0.3 is 15.4 Å². The Balaban J connectivity index is 1.61. The minimum atomic E-state index is -0.296. The molecular weight excluding hydrogens is 316 g/mol. The van der Waals surface area contributed by atoms with E-state index in [0.29, 0.717) is 17.9 Å². The number of ether oxygens (including phenoxy) is 1. The Bertz CT molecular complexity index is 816. The molecule has 0 saturated heterocycles. The number of aryl methyl sites for hydroxylation is 2. The lowest BCUT2D eigenvalue weighted by molar-refractivity contribution is -0.122. The summed E-state index contributed by atoms with van der Waals surface area (Å²) in [4.78, 5) is 24.8. The first kappa shape index (κ1) is 17.0. The van der Waals surface area contributed by atoms with Gasteiger partial charge in [0.25, 0.3) is 0 Å². The Labute approximate surface area is 147 Å². The van der Waals surface area contributed by atoms with Crippen molar-refractivity contribution in [1.82, 2.24) is 0 Å². The number of para-hydroxylation sites is 2. The number of hydrogen-bond donors (Lipinski definition) is 2. The van der Waals surface area contributed by atoms with Crippen LogP contribution in [-0.4, -0.2) is 18.9 Å². The summed E-state index contributed by atoms with van der Waals surface area (Å²) >= 11 is 0. The number of amides is 2. The summed E-state index contributed by atoms with van der Waals surface area (Å²) < 4.78 is 5.23. The van der Waals surface area contributed by atoms with E-state index in [9.17, 15) is 9.59 Å². The van der Waals surface area contributed by atoms with Crippen LogP contribution in [0.1, 0.15) is 17.5 Å². The summed E-state index contributed by atoms with van der Waals surface area (Å²) in [6.07, 6.45) is 0.567. The van der Waals surface area contributed by atoms with Gasteiger partial charge in [-0.1, -0.05) is 24.3 Å². The molecule has 0 spiro atoms. The zero-order valence-corrected chi connectivity index (χ0v) is 14.6. The topological polar surface area (TPSA) is 67.4 Å². The number of rotatable bonds is 5. The lowest BCUT2D eigenvalue weighted by Gasteiger charge is -2.10. The summed E-state index contributed by atoms with van der Waals surface area (Å²) in [7, 11) is 1.56. The molecule has 1 aliphatic rings. The van der Waals surface area contributed by atoms with Crippen molar-refractivity contribution in [3.05, 3.63) is 53.6 Å². The van der Waals surface area contributed by atoms with Crippen molar-refractivity contribution in [3.63, 3.8) is 0 Å². The molecule has 2 atom stereocenters. The summed E-state index contributed by atoms with van der Waals surface area (Å²) in [5.41, 5.74) is 3.52. The van der Waals surface area contributed by atoms with Crippen LogP contribution < -0.4 is 15.4 Å². The zero-order valence-electron chi connectivity index (χ0n) is 14.6. The standard InChI is InChI=1S/C20H22N2O3/c1-12-8-9-13(2)17(10-12)22-20(24)15-11-14(15)19(23)21-16-6-4-5-7-18(16)25-3/h4-10,14-15H,11H2,1-3H3,(H,21,23)(H,22,24). The minimum Gasteiger partial charge on any atom is -0.495 e. The largest absolute Gasteiger partial charge is 0.495 e. The predicted octanol–water partition coefficient (Wildman–Crippen LogP) is 3.53. The molecular formula is C20H22N2O3. The highest BCUT2D eigenvalue weighted by Crippen LogP contribution is 2.41. The fourth-order valence-electron chi connectivity index (χ4n) is 2.84. The van der Waals surface area contributed by atoms with Crippen LogP contribution >= 0.6 is 0 Å². The number of benzene rings is 2. The van der Waals surface area contributed by atoms with Crippen LogP contribution in [0.2, 0.25) is 0 Å². The maximum absolute atomic E-state index is 12.4. The quantitative estimate of drug-likeness (QED) is 0.876. The fourth-order valence-corrected chi connectivity index (χ4v) is 2.84. The van der Waals surface area contributed by atoms with Crippen molar-refractivity contribution in [2.75, 3.05) is 17.7 Å². The molecule has 5 nitrogen and oxygen atoms in total. The van der Waals surface area contributed by atoms with Crippen molar-refractivity contribution in [1.29, 1.82) is 0 Å². The monoisotopic (exact) mass is 338 g/mol. The van der Waals surface area contributed by atoms with Crippen LogP contribution in [0, 0.1) is 25.7 Å².